The fourth-order valence-corrected chi connectivity index (χ4v) is 1.41. The van der Waals surface area contributed by atoms with E-state index in [2.05, 4.69) is 36.9 Å². The first kappa shape index (κ1) is 10.4. The Bertz CT molecular complexity index is 181. The first-order valence-electron chi connectivity index (χ1n) is 5.02. The molecule has 1 fully saturated rings. The van der Waals surface area contributed by atoms with E-state index in [1.807, 2.05) is 0 Å². The Kier molecular flexibility index (Phi) is 3.60. The minimum Gasteiger partial charge on any atom is -0.386 e. The van der Waals surface area contributed by atoms with Crippen LogP contribution in [0, 0.1) is 0 Å². The maximum Gasteiger partial charge on any atom is 0.0946 e. The summed E-state index contributed by atoms with van der Waals surface area (Å²) in [7, 11) is 4.24. The molecule has 0 aromatic heterocycles. The van der Waals surface area contributed by atoms with E-state index >= 15 is 0 Å². The van der Waals surface area contributed by atoms with Crippen molar-refractivity contribution in [2.24, 2.45) is 5.73 Å². The number of hydrogen-bond donors (Lipinski definition) is 1. The lowest BCUT2D eigenvalue weighted by atomic mass is 10.1. The average molecular weight is 183 g/mol. The standard InChI is InChI=1S/C10H21N3/c1-4-5-6-10(11)13-7-9(8-13)12(2)3/h6,9H,4-5,7-8,11H2,1-3H3/b10-6-. The molecular formula is C10H21N3. The summed E-state index contributed by atoms with van der Waals surface area (Å²) < 4.78 is 0. The van der Waals surface area contributed by atoms with Gasteiger partial charge in [-0.3, -0.25) is 0 Å². The second-order valence-corrected chi connectivity index (χ2v) is 3.94. The minimum absolute atomic E-state index is 0.688. The highest BCUT2D eigenvalue weighted by atomic mass is 15.3. The second-order valence-electron chi connectivity index (χ2n) is 3.94. The van der Waals surface area contributed by atoms with E-state index in [4.69, 9.17) is 5.73 Å². The topological polar surface area (TPSA) is 32.5 Å². The molecule has 0 spiro atoms. The van der Waals surface area contributed by atoms with E-state index in [9.17, 15) is 0 Å². The van der Waals surface area contributed by atoms with Crippen LogP contribution in [0.25, 0.3) is 0 Å². The summed E-state index contributed by atoms with van der Waals surface area (Å²) in [4.78, 5) is 4.49. The third-order valence-electron chi connectivity index (χ3n) is 2.60. The zero-order chi connectivity index (χ0) is 9.84. The quantitative estimate of drug-likeness (QED) is 0.701. The van der Waals surface area contributed by atoms with Crippen LogP contribution >= 0.6 is 0 Å². The lowest BCUT2D eigenvalue weighted by Crippen LogP contribution is -2.57. The van der Waals surface area contributed by atoms with Crippen molar-refractivity contribution < 1.29 is 0 Å². The molecule has 1 aliphatic rings. The van der Waals surface area contributed by atoms with Gasteiger partial charge in [0.25, 0.3) is 0 Å². The molecule has 0 aromatic rings. The zero-order valence-corrected chi connectivity index (χ0v) is 8.95. The van der Waals surface area contributed by atoms with Crippen molar-refractivity contribution in [3.8, 4) is 0 Å². The molecule has 1 aliphatic heterocycles. The van der Waals surface area contributed by atoms with Crippen molar-refractivity contribution in [1.82, 2.24) is 9.80 Å². The first-order valence-corrected chi connectivity index (χ1v) is 5.02. The molecule has 0 saturated carbocycles. The van der Waals surface area contributed by atoms with Gasteiger partial charge >= 0.3 is 0 Å². The molecule has 76 valence electrons. The zero-order valence-electron chi connectivity index (χ0n) is 8.95. The lowest BCUT2D eigenvalue weighted by molar-refractivity contribution is 0.0924. The average Bonchev–Trinajstić information content (AvgIpc) is 1.97. The smallest absolute Gasteiger partial charge is 0.0946 e. The third kappa shape index (κ3) is 2.62. The van der Waals surface area contributed by atoms with Crippen LogP contribution in [-0.4, -0.2) is 43.0 Å². The van der Waals surface area contributed by atoms with Gasteiger partial charge < -0.3 is 15.5 Å². The van der Waals surface area contributed by atoms with Gasteiger partial charge in [0.15, 0.2) is 0 Å². The van der Waals surface area contributed by atoms with Gasteiger partial charge in [0.05, 0.1) is 5.82 Å². The first-order chi connectivity index (χ1) is 6.15. The van der Waals surface area contributed by atoms with Crippen molar-refractivity contribution in [1.29, 1.82) is 0 Å². The maximum absolute atomic E-state index is 5.90. The largest absolute Gasteiger partial charge is 0.386 e. The van der Waals surface area contributed by atoms with E-state index in [0.29, 0.717) is 6.04 Å². The Balaban J connectivity index is 2.26. The Morgan fingerprint density at radius 2 is 2.15 bits per heavy atom. The van der Waals surface area contributed by atoms with Gasteiger partial charge in [-0.05, 0) is 26.6 Å². The number of likely N-dealkylation sites (tertiary alicyclic amines) is 1. The molecular weight excluding hydrogens is 162 g/mol. The highest BCUT2D eigenvalue weighted by molar-refractivity contribution is 5.03. The summed E-state index contributed by atoms with van der Waals surface area (Å²) >= 11 is 0. The summed E-state index contributed by atoms with van der Waals surface area (Å²) in [6.07, 6.45) is 4.40. The Morgan fingerprint density at radius 3 is 2.62 bits per heavy atom. The molecule has 0 unspecified atom stereocenters. The number of unbranched alkanes of at least 4 members (excludes halogenated alkanes) is 1. The van der Waals surface area contributed by atoms with Gasteiger partial charge in [-0.15, -0.1) is 0 Å². The molecule has 13 heavy (non-hydrogen) atoms. The molecule has 0 radical (unpaired) electrons. The SMILES string of the molecule is CCC/C=C(/N)N1CC(N(C)C)C1. The number of rotatable bonds is 4. The normalized spacial score (nSPS) is 19.4. The summed E-state index contributed by atoms with van der Waals surface area (Å²) in [5.74, 6) is 0.958. The number of nitrogens with zero attached hydrogens (tertiary/aromatic N) is 2. The molecule has 3 nitrogen and oxygen atoms in total. The molecule has 1 rings (SSSR count). The van der Waals surface area contributed by atoms with Crippen LogP contribution in [0.1, 0.15) is 19.8 Å². The van der Waals surface area contributed by atoms with Crippen LogP contribution in [0.2, 0.25) is 0 Å². The fourth-order valence-electron chi connectivity index (χ4n) is 1.41. The van der Waals surface area contributed by atoms with Crippen LogP contribution in [0.3, 0.4) is 0 Å². The van der Waals surface area contributed by atoms with Crippen molar-refractivity contribution in [3.63, 3.8) is 0 Å². The van der Waals surface area contributed by atoms with E-state index in [0.717, 1.165) is 25.3 Å². The predicted octanol–water partition coefficient (Wildman–Crippen LogP) is 0.832. The van der Waals surface area contributed by atoms with Crippen LogP contribution < -0.4 is 5.73 Å². The van der Waals surface area contributed by atoms with E-state index in [1.54, 1.807) is 0 Å². The van der Waals surface area contributed by atoms with Gasteiger partial charge in [-0.1, -0.05) is 13.3 Å². The fraction of sp³-hybridized carbons (Fsp3) is 0.800. The molecule has 0 aromatic carbocycles. The number of likely N-dealkylation sites (N-methyl/N-ethyl adjacent to an activating group) is 1. The molecule has 0 atom stereocenters. The monoisotopic (exact) mass is 183 g/mol. The third-order valence-corrected chi connectivity index (χ3v) is 2.60. The van der Waals surface area contributed by atoms with Crippen LogP contribution in [0.4, 0.5) is 0 Å². The Morgan fingerprint density at radius 1 is 1.54 bits per heavy atom. The van der Waals surface area contributed by atoms with Gasteiger partial charge in [0.1, 0.15) is 0 Å². The highest BCUT2D eigenvalue weighted by Crippen LogP contribution is 2.15. The summed E-state index contributed by atoms with van der Waals surface area (Å²) in [5, 5.41) is 0. The minimum atomic E-state index is 0.688. The van der Waals surface area contributed by atoms with Crippen molar-refractivity contribution in [3.05, 3.63) is 11.9 Å². The Labute approximate surface area is 81.2 Å². The van der Waals surface area contributed by atoms with E-state index in [1.165, 1.54) is 6.42 Å². The number of allylic oxidation sites excluding steroid dienone is 1. The van der Waals surface area contributed by atoms with Gasteiger partial charge in [0.2, 0.25) is 0 Å². The molecule has 2 N–H and O–H groups in total. The van der Waals surface area contributed by atoms with Gasteiger partial charge in [-0.2, -0.15) is 0 Å². The highest BCUT2D eigenvalue weighted by Gasteiger charge is 2.28. The molecule has 0 aliphatic carbocycles. The lowest BCUT2D eigenvalue weighted by Gasteiger charge is -2.44. The van der Waals surface area contributed by atoms with Crippen LogP contribution in [0.5, 0.6) is 0 Å². The van der Waals surface area contributed by atoms with Gasteiger partial charge in [0, 0.05) is 19.1 Å². The molecule has 0 bridgehead atoms. The van der Waals surface area contributed by atoms with Crippen LogP contribution in [-0.2, 0) is 0 Å². The predicted molar refractivity (Wildman–Crippen MR) is 56.2 cm³/mol. The van der Waals surface area contributed by atoms with Gasteiger partial charge in [-0.25, -0.2) is 0 Å². The number of hydrogen-bond acceptors (Lipinski definition) is 3. The van der Waals surface area contributed by atoms with E-state index in [-0.39, 0.29) is 0 Å². The maximum atomic E-state index is 5.90. The molecule has 1 heterocycles. The summed E-state index contributed by atoms with van der Waals surface area (Å²) in [6, 6.07) is 0.688. The Hall–Kier alpha value is -0.700. The molecule has 3 heteroatoms. The molecule has 0 amide bonds. The molecule has 1 saturated heterocycles. The van der Waals surface area contributed by atoms with Crippen molar-refractivity contribution >= 4 is 0 Å². The van der Waals surface area contributed by atoms with Crippen molar-refractivity contribution in [2.45, 2.75) is 25.8 Å². The summed E-state index contributed by atoms with van der Waals surface area (Å²) in [6.45, 7) is 4.33. The van der Waals surface area contributed by atoms with Crippen molar-refractivity contribution in [2.75, 3.05) is 27.2 Å². The number of nitrogens with two attached hydrogens (primary N) is 1. The van der Waals surface area contributed by atoms with Crippen LogP contribution in [0.15, 0.2) is 11.9 Å². The summed E-state index contributed by atoms with van der Waals surface area (Å²) in [5.41, 5.74) is 5.90. The second kappa shape index (κ2) is 4.51. The van der Waals surface area contributed by atoms with E-state index < -0.39 is 0 Å².